The molecule has 0 spiro atoms. The standard InChI is InChI=1S/C27H32N4O/c1-6-30-16-12-24(13-17-30)28-21(3)27(20-23-8-10-26(32-5)11-9-23)22(4)29-25-14-18-31(7-2)19-15-25/h8-20H,6-7H2,1-5H3/q+2. The molecule has 0 aliphatic carbocycles. The highest BCUT2D eigenvalue weighted by molar-refractivity contribution is 6.26. The largest absolute Gasteiger partial charge is 0.497 e. The Balaban J connectivity index is 2.01. The lowest BCUT2D eigenvalue weighted by molar-refractivity contribution is -0.693. The minimum Gasteiger partial charge on any atom is -0.497 e. The summed E-state index contributed by atoms with van der Waals surface area (Å²) in [4.78, 5) is 9.76. The third-order valence-corrected chi connectivity index (χ3v) is 5.28. The molecule has 3 rings (SSSR count). The number of aliphatic imine (C=N–C) groups is 2. The number of benzene rings is 1. The predicted molar refractivity (Wildman–Crippen MR) is 131 cm³/mol. The summed E-state index contributed by atoms with van der Waals surface area (Å²) in [5.41, 5.74) is 5.73. The van der Waals surface area contributed by atoms with Gasteiger partial charge in [0.25, 0.3) is 0 Å². The Labute approximate surface area is 191 Å². The molecule has 0 fully saturated rings. The number of aromatic nitrogens is 2. The van der Waals surface area contributed by atoms with Crippen LogP contribution in [-0.2, 0) is 13.1 Å². The highest BCUT2D eigenvalue weighted by atomic mass is 16.5. The summed E-state index contributed by atoms with van der Waals surface area (Å²) in [6, 6.07) is 16.1. The zero-order valence-corrected chi connectivity index (χ0v) is 19.6. The van der Waals surface area contributed by atoms with Crippen LogP contribution in [0.5, 0.6) is 5.75 Å². The van der Waals surface area contributed by atoms with E-state index in [-0.39, 0.29) is 0 Å². The van der Waals surface area contributed by atoms with E-state index in [1.165, 1.54) is 0 Å². The van der Waals surface area contributed by atoms with Crippen molar-refractivity contribution in [1.29, 1.82) is 0 Å². The summed E-state index contributed by atoms with van der Waals surface area (Å²) in [6.45, 7) is 10.2. The number of aryl methyl sites for hydroxylation is 2. The number of ether oxygens (including phenoxy) is 1. The van der Waals surface area contributed by atoms with Crippen molar-refractivity contribution in [2.45, 2.75) is 40.8 Å². The first-order chi connectivity index (χ1) is 15.5. The van der Waals surface area contributed by atoms with Crippen LogP contribution in [-0.4, -0.2) is 18.5 Å². The molecule has 1 aromatic carbocycles. The lowest BCUT2D eigenvalue weighted by atomic mass is 10.0. The smallest absolute Gasteiger partial charge is 0.170 e. The number of hydrogen-bond acceptors (Lipinski definition) is 3. The summed E-state index contributed by atoms with van der Waals surface area (Å²) in [5, 5.41) is 0. The molecule has 3 aromatic rings. The highest BCUT2D eigenvalue weighted by Gasteiger charge is 2.09. The molecule has 0 amide bonds. The number of nitrogens with zero attached hydrogens (tertiary/aromatic N) is 4. The fraction of sp³-hybridized carbons (Fsp3) is 0.259. The van der Waals surface area contributed by atoms with E-state index in [1.807, 2.05) is 87.2 Å². The Kier molecular flexibility index (Phi) is 8.03. The minimum atomic E-state index is 0.835. The van der Waals surface area contributed by atoms with E-state index in [9.17, 15) is 0 Å². The molecule has 164 valence electrons. The maximum absolute atomic E-state index is 5.29. The second-order valence-electron chi connectivity index (χ2n) is 7.50. The summed E-state index contributed by atoms with van der Waals surface area (Å²) >= 11 is 0. The van der Waals surface area contributed by atoms with Crippen molar-refractivity contribution in [1.82, 2.24) is 0 Å². The summed E-state index contributed by atoms with van der Waals surface area (Å²) in [5.74, 6) is 0.835. The van der Waals surface area contributed by atoms with Gasteiger partial charge in [-0.3, -0.25) is 9.98 Å². The molecule has 5 nitrogen and oxygen atoms in total. The van der Waals surface area contributed by atoms with Crippen molar-refractivity contribution in [2.75, 3.05) is 7.11 Å². The van der Waals surface area contributed by atoms with Gasteiger partial charge < -0.3 is 4.74 Å². The van der Waals surface area contributed by atoms with Gasteiger partial charge in [-0.25, -0.2) is 9.13 Å². The van der Waals surface area contributed by atoms with Gasteiger partial charge in [0.2, 0.25) is 0 Å². The normalized spacial score (nSPS) is 11.9. The van der Waals surface area contributed by atoms with E-state index in [0.29, 0.717) is 0 Å². The quantitative estimate of drug-likeness (QED) is 0.356. The third-order valence-electron chi connectivity index (χ3n) is 5.28. The fourth-order valence-electron chi connectivity index (χ4n) is 3.31. The molecule has 0 unspecified atom stereocenters. The van der Waals surface area contributed by atoms with Crippen molar-refractivity contribution in [3.05, 3.63) is 84.5 Å². The molecule has 0 N–H and O–H groups in total. The number of methoxy groups -OCH3 is 1. The van der Waals surface area contributed by atoms with Crippen LogP contribution in [0.1, 0.15) is 33.3 Å². The van der Waals surface area contributed by atoms with E-state index in [0.717, 1.165) is 52.8 Å². The Morgan fingerprint density at radius 1 is 0.750 bits per heavy atom. The monoisotopic (exact) mass is 428 g/mol. The third kappa shape index (κ3) is 6.20. The lowest BCUT2D eigenvalue weighted by Crippen LogP contribution is -2.30. The van der Waals surface area contributed by atoms with Crippen molar-refractivity contribution in [2.24, 2.45) is 9.98 Å². The first kappa shape index (κ1) is 23.1. The summed E-state index contributed by atoms with van der Waals surface area (Å²) in [7, 11) is 1.67. The number of pyridine rings is 2. The molecular formula is C27H32N4O+2. The molecule has 0 radical (unpaired) electrons. The molecule has 2 heterocycles. The maximum Gasteiger partial charge on any atom is 0.170 e. The van der Waals surface area contributed by atoms with Crippen LogP contribution < -0.4 is 13.9 Å². The van der Waals surface area contributed by atoms with Gasteiger partial charge in [-0.2, -0.15) is 0 Å². The molecule has 0 atom stereocenters. The van der Waals surface area contributed by atoms with Gasteiger partial charge in [0.15, 0.2) is 24.8 Å². The molecule has 32 heavy (non-hydrogen) atoms. The van der Waals surface area contributed by atoms with Crippen molar-refractivity contribution < 1.29 is 13.9 Å². The molecule has 0 saturated heterocycles. The first-order valence-electron chi connectivity index (χ1n) is 11.0. The second kappa shape index (κ2) is 11.1. The van der Waals surface area contributed by atoms with E-state index in [4.69, 9.17) is 14.7 Å². The van der Waals surface area contributed by atoms with Crippen LogP contribution in [0.3, 0.4) is 0 Å². The SMILES string of the molecule is CC[n+]1ccc(N=C(C)C(=Cc2ccc(OC)cc2)C(C)=Nc2cc[n+](CC)cc2)cc1. The molecule has 2 aromatic heterocycles. The van der Waals surface area contributed by atoms with Crippen LogP contribution in [0.4, 0.5) is 11.4 Å². The van der Waals surface area contributed by atoms with Gasteiger partial charge >= 0.3 is 0 Å². The zero-order chi connectivity index (χ0) is 22.9. The summed E-state index contributed by atoms with van der Waals surface area (Å²) in [6.07, 6.45) is 10.3. The number of allylic oxidation sites excluding steroid dienone is 1. The van der Waals surface area contributed by atoms with E-state index in [1.54, 1.807) is 7.11 Å². The molecule has 0 aliphatic rings. The Morgan fingerprint density at radius 3 is 1.56 bits per heavy atom. The van der Waals surface area contributed by atoms with Gasteiger partial charge in [-0.05, 0) is 51.5 Å². The van der Waals surface area contributed by atoms with Crippen LogP contribution in [0.2, 0.25) is 0 Å². The van der Waals surface area contributed by atoms with Gasteiger partial charge in [0.1, 0.15) is 18.8 Å². The maximum atomic E-state index is 5.29. The minimum absolute atomic E-state index is 0.835. The van der Waals surface area contributed by atoms with Crippen LogP contribution >= 0.6 is 0 Å². The van der Waals surface area contributed by atoms with E-state index in [2.05, 4.69) is 29.1 Å². The molecule has 0 saturated carbocycles. The summed E-state index contributed by atoms with van der Waals surface area (Å²) < 4.78 is 9.53. The van der Waals surface area contributed by atoms with Gasteiger partial charge in [0.05, 0.1) is 18.5 Å². The fourth-order valence-corrected chi connectivity index (χ4v) is 3.31. The topological polar surface area (TPSA) is 41.7 Å². The van der Waals surface area contributed by atoms with Gasteiger partial charge in [-0.15, -0.1) is 0 Å². The first-order valence-corrected chi connectivity index (χ1v) is 11.0. The van der Waals surface area contributed by atoms with Crippen molar-refractivity contribution >= 4 is 28.9 Å². The molecule has 0 bridgehead atoms. The van der Waals surface area contributed by atoms with Crippen LogP contribution in [0.15, 0.2) is 88.9 Å². The van der Waals surface area contributed by atoms with Gasteiger partial charge in [-0.1, -0.05) is 12.1 Å². The second-order valence-corrected chi connectivity index (χ2v) is 7.50. The van der Waals surface area contributed by atoms with Crippen LogP contribution in [0, 0.1) is 0 Å². The van der Waals surface area contributed by atoms with E-state index < -0.39 is 0 Å². The van der Waals surface area contributed by atoms with E-state index >= 15 is 0 Å². The Hall–Kier alpha value is -3.60. The molecular weight excluding hydrogens is 396 g/mol. The van der Waals surface area contributed by atoms with Crippen molar-refractivity contribution in [3.8, 4) is 5.75 Å². The number of rotatable bonds is 8. The zero-order valence-electron chi connectivity index (χ0n) is 19.6. The van der Waals surface area contributed by atoms with Gasteiger partial charge in [0, 0.05) is 41.3 Å². The highest BCUT2D eigenvalue weighted by Crippen LogP contribution is 2.20. The Morgan fingerprint density at radius 2 is 1.19 bits per heavy atom. The average molecular weight is 429 g/mol. The van der Waals surface area contributed by atoms with Crippen molar-refractivity contribution in [3.63, 3.8) is 0 Å². The average Bonchev–Trinajstić information content (AvgIpc) is 2.83. The molecule has 0 aliphatic heterocycles. The number of hydrogen-bond donors (Lipinski definition) is 0. The van der Waals surface area contributed by atoms with Crippen LogP contribution in [0.25, 0.3) is 6.08 Å². The lowest BCUT2D eigenvalue weighted by Gasteiger charge is -2.09. The molecule has 5 heteroatoms. The predicted octanol–water partition coefficient (Wildman–Crippen LogP) is 5.28. The Bertz CT molecular complexity index is 1040.